The lowest BCUT2D eigenvalue weighted by atomic mass is 9.81. The molecule has 1 aliphatic carbocycles. The molecule has 0 heterocycles. The lowest BCUT2D eigenvalue weighted by molar-refractivity contribution is 0.273. The zero-order valence-corrected chi connectivity index (χ0v) is 12.8. The van der Waals surface area contributed by atoms with Crippen molar-refractivity contribution in [1.29, 1.82) is 0 Å². The van der Waals surface area contributed by atoms with E-state index in [2.05, 4.69) is 50.4 Å². The first-order valence-electron chi connectivity index (χ1n) is 7.95. The van der Waals surface area contributed by atoms with Gasteiger partial charge in [-0.1, -0.05) is 62.4 Å². The second-order valence-corrected chi connectivity index (χ2v) is 6.50. The quantitative estimate of drug-likeness (QED) is 0.796. The van der Waals surface area contributed by atoms with Crippen molar-refractivity contribution in [3.05, 3.63) is 35.4 Å². The second kappa shape index (κ2) is 7.09. The third kappa shape index (κ3) is 4.65. The van der Waals surface area contributed by atoms with Gasteiger partial charge in [0.05, 0.1) is 0 Å². The normalized spacial score (nSPS) is 25.2. The molecular weight excluding hydrogens is 230 g/mol. The minimum atomic E-state index is 0.475. The number of aryl methyl sites for hydroxylation is 1. The zero-order valence-electron chi connectivity index (χ0n) is 12.8. The van der Waals surface area contributed by atoms with Gasteiger partial charge in [0, 0.05) is 6.04 Å². The maximum Gasteiger partial charge on any atom is 0.0291 e. The first-order valence-corrected chi connectivity index (χ1v) is 7.95. The molecule has 19 heavy (non-hydrogen) atoms. The first-order chi connectivity index (χ1) is 9.15. The molecule has 1 aromatic carbocycles. The lowest BCUT2D eigenvalue weighted by Crippen LogP contribution is -2.23. The number of hydrogen-bond acceptors (Lipinski definition) is 1. The molecule has 1 aliphatic rings. The van der Waals surface area contributed by atoms with E-state index in [0.29, 0.717) is 6.04 Å². The van der Waals surface area contributed by atoms with Crippen molar-refractivity contribution in [3.8, 4) is 0 Å². The van der Waals surface area contributed by atoms with E-state index in [1.807, 2.05) is 0 Å². The van der Waals surface area contributed by atoms with Gasteiger partial charge in [0.1, 0.15) is 0 Å². The standard InChI is InChI=1S/C18H29N/c1-14-4-8-17(9-5-14)12-13-19-16(3)18-10-6-15(2)7-11-18/h6-7,10-11,14,16-17,19H,4-5,8-9,12-13H2,1-3H3. The van der Waals surface area contributed by atoms with E-state index in [0.717, 1.165) is 18.4 Å². The predicted molar refractivity (Wildman–Crippen MR) is 83.3 cm³/mol. The molecule has 0 radical (unpaired) electrons. The topological polar surface area (TPSA) is 12.0 Å². The van der Waals surface area contributed by atoms with Crippen LogP contribution in [0.1, 0.15) is 63.1 Å². The number of rotatable bonds is 5. The fourth-order valence-electron chi connectivity index (χ4n) is 3.09. The molecular formula is C18H29N. The molecule has 0 saturated heterocycles. The van der Waals surface area contributed by atoms with Crippen LogP contribution in [0.2, 0.25) is 0 Å². The average molecular weight is 259 g/mol. The van der Waals surface area contributed by atoms with Crippen molar-refractivity contribution >= 4 is 0 Å². The van der Waals surface area contributed by atoms with Gasteiger partial charge in [-0.25, -0.2) is 0 Å². The minimum Gasteiger partial charge on any atom is -0.310 e. The van der Waals surface area contributed by atoms with E-state index >= 15 is 0 Å². The first kappa shape index (κ1) is 14.6. The zero-order chi connectivity index (χ0) is 13.7. The molecule has 1 N–H and O–H groups in total. The highest BCUT2D eigenvalue weighted by atomic mass is 14.9. The maximum absolute atomic E-state index is 3.68. The summed E-state index contributed by atoms with van der Waals surface area (Å²) in [6, 6.07) is 9.37. The molecule has 1 atom stereocenters. The summed E-state index contributed by atoms with van der Waals surface area (Å²) in [4.78, 5) is 0. The smallest absolute Gasteiger partial charge is 0.0291 e. The van der Waals surface area contributed by atoms with Crippen LogP contribution >= 0.6 is 0 Å². The summed E-state index contributed by atoms with van der Waals surface area (Å²) in [5.41, 5.74) is 2.75. The molecule has 0 aliphatic heterocycles. The summed E-state index contributed by atoms with van der Waals surface area (Å²) >= 11 is 0. The molecule has 0 aromatic heterocycles. The highest BCUT2D eigenvalue weighted by molar-refractivity contribution is 5.23. The Bertz CT molecular complexity index is 360. The summed E-state index contributed by atoms with van der Waals surface area (Å²) in [6.45, 7) is 7.97. The van der Waals surface area contributed by atoms with E-state index in [1.54, 1.807) is 0 Å². The Morgan fingerprint density at radius 2 is 1.74 bits per heavy atom. The summed E-state index contributed by atoms with van der Waals surface area (Å²) in [6.07, 6.45) is 7.13. The maximum atomic E-state index is 3.68. The fourth-order valence-corrected chi connectivity index (χ4v) is 3.09. The van der Waals surface area contributed by atoms with Gasteiger partial charge in [-0.2, -0.15) is 0 Å². The summed E-state index contributed by atoms with van der Waals surface area (Å²) < 4.78 is 0. The van der Waals surface area contributed by atoms with Gasteiger partial charge in [0.2, 0.25) is 0 Å². The largest absolute Gasteiger partial charge is 0.310 e. The van der Waals surface area contributed by atoms with Crippen LogP contribution in [0.25, 0.3) is 0 Å². The van der Waals surface area contributed by atoms with E-state index in [-0.39, 0.29) is 0 Å². The van der Waals surface area contributed by atoms with Gasteiger partial charge in [-0.3, -0.25) is 0 Å². The van der Waals surface area contributed by atoms with Crippen LogP contribution in [0, 0.1) is 18.8 Å². The van der Waals surface area contributed by atoms with E-state index < -0.39 is 0 Å². The molecule has 0 bridgehead atoms. The van der Waals surface area contributed by atoms with Gasteiger partial charge in [0.15, 0.2) is 0 Å². The van der Waals surface area contributed by atoms with Crippen LogP contribution in [0.3, 0.4) is 0 Å². The Balaban J connectivity index is 1.69. The van der Waals surface area contributed by atoms with Crippen molar-refractivity contribution in [2.75, 3.05) is 6.54 Å². The molecule has 1 nitrogen and oxygen atoms in total. The Hall–Kier alpha value is -0.820. The molecule has 106 valence electrons. The van der Waals surface area contributed by atoms with Crippen LogP contribution in [0.15, 0.2) is 24.3 Å². The molecule has 1 heteroatoms. The van der Waals surface area contributed by atoms with Gasteiger partial charge < -0.3 is 5.32 Å². The van der Waals surface area contributed by atoms with Gasteiger partial charge >= 0.3 is 0 Å². The summed E-state index contributed by atoms with van der Waals surface area (Å²) in [5, 5.41) is 3.68. The highest BCUT2D eigenvalue weighted by Gasteiger charge is 2.17. The third-order valence-corrected chi connectivity index (χ3v) is 4.72. The molecule has 0 spiro atoms. The molecule has 1 fully saturated rings. The van der Waals surface area contributed by atoms with E-state index in [4.69, 9.17) is 0 Å². The van der Waals surface area contributed by atoms with Crippen molar-refractivity contribution in [2.45, 2.75) is 58.9 Å². The Labute approximate surface area is 118 Å². The Morgan fingerprint density at radius 1 is 1.11 bits per heavy atom. The Kier molecular flexibility index (Phi) is 5.45. The number of hydrogen-bond donors (Lipinski definition) is 1. The van der Waals surface area contributed by atoms with Gasteiger partial charge in [-0.05, 0) is 44.2 Å². The molecule has 1 saturated carbocycles. The van der Waals surface area contributed by atoms with Crippen molar-refractivity contribution in [1.82, 2.24) is 5.32 Å². The lowest BCUT2D eigenvalue weighted by Gasteiger charge is -2.26. The third-order valence-electron chi connectivity index (χ3n) is 4.72. The van der Waals surface area contributed by atoms with Crippen LogP contribution < -0.4 is 5.32 Å². The van der Waals surface area contributed by atoms with Crippen LogP contribution in [0.5, 0.6) is 0 Å². The van der Waals surface area contributed by atoms with Crippen LogP contribution in [-0.2, 0) is 0 Å². The molecule has 1 aromatic rings. The number of benzene rings is 1. The summed E-state index contributed by atoms with van der Waals surface area (Å²) in [5.74, 6) is 1.93. The monoisotopic (exact) mass is 259 g/mol. The van der Waals surface area contributed by atoms with Gasteiger partial charge in [0.25, 0.3) is 0 Å². The van der Waals surface area contributed by atoms with Crippen molar-refractivity contribution < 1.29 is 0 Å². The summed E-state index contributed by atoms with van der Waals surface area (Å²) in [7, 11) is 0. The van der Waals surface area contributed by atoms with E-state index in [9.17, 15) is 0 Å². The highest BCUT2D eigenvalue weighted by Crippen LogP contribution is 2.30. The predicted octanol–water partition coefficient (Wildman–Crippen LogP) is 4.86. The molecule has 2 rings (SSSR count). The minimum absolute atomic E-state index is 0.475. The average Bonchev–Trinajstić information content (AvgIpc) is 2.41. The molecule has 0 amide bonds. The fraction of sp³-hybridized carbons (Fsp3) is 0.667. The Morgan fingerprint density at radius 3 is 2.37 bits per heavy atom. The van der Waals surface area contributed by atoms with Crippen molar-refractivity contribution in [2.24, 2.45) is 11.8 Å². The molecule has 1 unspecified atom stereocenters. The number of nitrogens with one attached hydrogen (secondary N) is 1. The van der Waals surface area contributed by atoms with E-state index in [1.165, 1.54) is 43.2 Å². The SMILES string of the molecule is Cc1ccc(C(C)NCCC2CCC(C)CC2)cc1. The van der Waals surface area contributed by atoms with Gasteiger partial charge in [-0.15, -0.1) is 0 Å². The van der Waals surface area contributed by atoms with Crippen LogP contribution in [0.4, 0.5) is 0 Å². The van der Waals surface area contributed by atoms with Crippen LogP contribution in [-0.4, -0.2) is 6.54 Å². The van der Waals surface area contributed by atoms with Crippen molar-refractivity contribution in [3.63, 3.8) is 0 Å². The second-order valence-electron chi connectivity index (χ2n) is 6.50.